The molecule has 2 saturated carbocycles. The summed E-state index contributed by atoms with van der Waals surface area (Å²) in [6.07, 6.45) is 7.92. The van der Waals surface area contributed by atoms with Crippen LogP contribution < -0.4 is 0 Å². The van der Waals surface area contributed by atoms with Gasteiger partial charge in [-0.1, -0.05) is 117 Å². The maximum Gasteiger partial charge on any atom is 0.0757 e. The van der Waals surface area contributed by atoms with Gasteiger partial charge in [0.2, 0.25) is 0 Å². The number of aliphatic hydroxyl groups is 1. The molecule has 0 saturated heterocycles. The monoisotopic (exact) mass is 520 g/mol. The molecule has 2 aliphatic carbocycles. The summed E-state index contributed by atoms with van der Waals surface area (Å²) in [5, 5.41) is 13.2. The Labute approximate surface area is 226 Å². The molecule has 3 nitrogen and oxygen atoms in total. The largest absolute Gasteiger partial charge is 0.389 e. The minimum atomic E-state index is -1.72. The number of aliphatic hydroxyl groups excluding tert-OH is 1. The van der Waals surface area contributed by atoms with E-state index >= 15 is 0 Å². The van der Waals surface area contributed by atoms with Crippen molar-refractivity contribution >= 4 is 8.07 Å². The molecule has 0 radical (unpaired) electrons. The Kier molecular flexibility index (Phi) is 9.85. The first-order chi connectivity index (χ1) is 17.8. The topological polar surface area (TPSA) is 38.7 Å². The van der Waals surface area contributed by atoms with Crippen LogP contribution in [0.2, 0.25) is 19.6 Å². The van der Waals surface area contributed by atoms with Crippen LogP contribution in [0.25, 0.3) is 0 Å². The molecule has 0 unspecified atom stereocenters. The van der Waals surface area contributed by atoms with E-state index in [4.69, 9.17) is 9.47 Å². The number of rotatable bonds is 11. The first-order valence-electron chi connectivity index (χ1n) is 14.4. The summed E-state index contributed by atoms with van der Waals surface area (Å²) in [5.74, 6) is 0.870. The van der Waals surface area contributed by atoms with Crippen molar-refractivity contribution in [3.05, 3.63) is 82.6 Å². The van der Waals surface area contributed by atoms with Gasteiger partial charge in [0.05, 0.1) is 40.6 Å². The molecular formula is C33H48O3Si. The highest BCUT2D eigenvalue weighted by atomic mass is 28.3. The normalized spacial score (nSPS) is 22.7. The molecule has 2 atom stereocenters. The van der Waals surface area contributed by atoms with Gasteiger partial charge in [-0.05, 0) is 48.6 Å². The average Bonchev–Trinajstić information content (AvgIpc) is 3.20. The van der Waals surface area contributed by atoms with Crippen molar-refractivity contribution in [2.24, 2.45) is 17.3 Å². The van der Waals surface area contributed by atoms with Crippen molar-refractivity contribution in [2.45, 2.75) is 90.8 Å². The van der Waals surface area contributed by atoms with Gasteiger partial charge in [-0.15, -0.1) is 0 Å². The second kappa shape index (κ2) is 12.9. The predicted octanol–water partition coefficient (Wildman–Crippen LogP) is 7.95. The van der Waals surface area contributed by atoms with E-state index in [1.54, 1.807) is 0 Å². The van der Waals surface area contributed by atoms with E-state index in [1.807, 2.05) is 12.1 Å². The lowest BCUT2D eigenvalue weighted by Gasteiger charge is -2.36. The van der Waals surface area contributed by atoms with Gasteiger partial charge in [0.15, 0.2) is 0 Å². The zero-order chi connectivity index (χ0) is 26.3. The van der Waals surface area contributed by atoms with Crippen LogP contribution in [0, 0.1) is 17.3 Å². The first-order valence-corrected chi connectivity index (χ1v) is 17.9. The van der Waals surface area contributed by atoms with Crippen molar-refractivity contribution in [3.63, 3.8) is 0 Å². The summed E-state index contributed by atoms with van der Waals surface area (Å²) in [4.78, 5) is 0. The summed E-state index contributed by atoms with van der Waals surface area (Å²) in [5.41, 5.74) is 3.87. The van der Waals surface area contributed by atoms with Gasteiger partial charge in [0.25, 0.3) is 0 Å². The molecule has 37 heavy (non-hydrogen) atoms. The lowest BCUT2D eigenvalue weighted by molar-refractivity contribution is -0.0304. The maximum atomic E-state index is 11.8. The Bertz CT molecular complexity index is 944. The van der Waals surface area contributed by atoms with E-state index in [1.165, 1.54) is 54.0 Å². The molecule has 2 fully saturated rings. The van der Waals surface area contributed by atoms with Crippen LogP contribution in [0.1, 0.15) is 63.0 Å². The average molecular weight is 521 g/mol. The third kappa shape index (κ3) is 7.66. The third-order valence-electron chi connectivity index (χ3n) is 8.49. The summed E-state index contributed by atoms with van der Waals surface area (Å²) < 4.78 is 12.8. The van der Waals surface area contributed by atoms with Crippen LogP contribution in [0.15, 0.2) is 71.4 Å². The van der Waals surface area contributed by atoms with Crippen molar-refractivity contribution in [3.8, 4) is 0 Å². The highest BCUT2D eigenvalue weighted by Gasteiger charge is 2.45. The van der Waals surface area contributed by atoms with Crippen LogP contribution in [-0.2, 0) is 22.7 Å². The molecule has 0 spiro atoms. The van der Waals surface area contributed by atoms with Crippen LogP contribution >= 0.6 is 0 Å². The zero-order valence-electron chi connectivity index (χ0n) is 23.5. The zero-order valence-corrected chi connectivity index (χ0v) is 24.5. The van der Waals surface area contributed by atoms with Gasteiger partial charge in [-0.3, -0.25) is 0 Å². The molecule has 0 aliphatic heterocycles. The molecule has 202 valence electrons. The van der Waals surface area contributed by atoms with Gasteiger partial charge in [-0.2, -0.15) is 0 Å². The summed E-state index contributed by atoms with van der Waals surface area (Å²) in [7, 11) is -1.72. The molecule has 0 heterocycles. The van der Waals surface area contributed by atoms with E-state index in [0.717, 1.165) is 12.8 Å². The molecule has 2 aromatic rings. The first kappa shape index (κ1) is 28.3. The Morgan fingerprint density at radius 2 is 1.38 bits per heavy atom. The van der Waals surface area contributed by atoms with Crippen LogP contribution in [0.4, 0.5) is 0 Å². The number of ether oxygens (including phenoxy) is 2. The Hall–Kier alpha value is -1.72. The molecule has 4 heteroatoms. The number of allylic oxidation sites excluding steroid dienone is 1. The Morgan fingerprint density at radius 3 is 1.86 bits per heavy atom. The van der Waals surface area contributed by atoms with E-state index < -0.39 is 8.07 Å². The maximum absolute atomic E-state index is 11.8. The SMILES string of the molecule is C[C@H]1CC(COCc2ccccc2)(COCc2ccccc2)C/C1=C(/[C@@H](O)C1CCCCC1)[Si](C)(C)C. The fourth-order valence-corrected chi connectivity index (χ4v) is 9.19. The Balaban J connectivity index is 1.56. The predicted molar refractivity (Wildman–Crippen MR) is 156 cm³/mol. The second-order valence-corrected chi connectivity index (χ2v) is 17.8. The minimum Gasteiger partial charge on any atom is -0.389 e. The number of hydrogen-bond acceptors (Lipinski definition) is 3. The fraction of sp³-hybridized carbons (Fsp3) is 0.576. The van der Waals surface area contributed by atoms with Crippen LogP contribution in [-0.4, -0.2) is 32.5 Å². The van der Waals surface area contributed by atoms with E-state index in [9.17, 15) is 5.11 Å². The quantitative estimate of drug-likeness (QED) is 0.306. The van der Waals surface area contributed by atoms with E-state index in [2.05, 4.69) is 75.1 Å². The second-order valence-electron chi connectivity index (χ2n) is 12.8. The van der Waals surface area contributed by atoms with Gasteiger partial charge < -0.3 is 14.6 Å². The molecule has 0 bridgehead atoms. The van der Waals surface area contributed by atoms with E-state index in [-0.39, 0.29) is 11.5 Å². The third-order valence-corrected chi connectivity index (χ3v) is 10.7. The summed E-state index contributed by atoms with van der Waals surface area (Å²) >= 11 is 0. The van der Waals surface area contributed by atoms with Gasteiger partial charge in [0, 0.05) is 5.41 Å². The van der Waals surface area contributed by atoms with Gasteiger partial charge in [0.1, 0.15) is 0 Å². The fourth-order valence-electron chi connectivity index (χ4n) is 6.77. The van der Waals surface area contributed by atoms with Crippen LogP contribution in [0.5, 0.6) is 0 Å². The summed E-state index contributed by atoms with van der Waals surface area (Å²) in [6, 6.07) is 20.9. The Morgan fingerprint density at radius 1 is 0.865 bits per heavy atom. The van der Waals surface area contributed by atoms with Crippen LogP contribution in [0.3, 0.4) is 0 Å². The molecule has 0 amide bonds. The smallest absolute Gasteiger partial charge is 0.0757 e. The van der Waals surface area contributed by atoms with Crippen molar-refractivity contribution in [1.29, 1.82) is 0 Å². The minimum absolute atomic E-state index is 0.0600. The van der Waals surface area contributed by atoms with Gasteiger partial charge in [-0.25, -0.2) is 0 Å². The molecule has 0 aromatic heterocycles. The number of benzene rings is 2. The van der Waals surface area contributed by atoms with E-state index in [0.29, 0.717) is 38.3 Å². The lowest BCUT2D eigenvalue weighted by Crippen LogP contribution is -2.39. The molecule has 2 aliphatic rings. The molecular weight excluding hydrogens is 472 g/mol. The highest BCUT2D eigenvalue weighted by molar-refractivity contribution is 6.83. The van der Waals surface area contributed by atoms with Gasteiger partial charge >= 0.3 is 0 Å². The van der Waals surface area contributed by atoms with Crippen molar-refractivity contribution in [2.75, 3.05) is 13.2 Å². The highest BCUT2D eigenvalue weighted by Crippen LogP contribution is 2.50. The summed E-state index contributed by atoms with van der Waals surface area (Å²) in [6.45, 7) is 12.3. The van der Waals surface area contributed by atoms with Crippen molar-refractivity contribution < 1.29 is 14.6 Å². The molecule has 2 aromatic carbocycles. The number of hydrogen-bond donors (Lipinski definition) is 1. The van der Waals surface area contributed by atoms with Crippen molar-refractivity contribution in [1.82, 2.24) is 0 Å². The lowest BCUT2D eigenvalue weighted by atomic mass is 9.83. The molecule has 4 rings (SSSR count). The standard InChI is InChI=1S/C33H48O3Si/c1-26-20-33(24-35-22-27-14-8-5-9-15-27,25-36-23-28-16-10-6-11-17-28)21-30(26)32(37(2,3)4)31(34)29-18-12-7-13-19-29/h5-6,8-11,14-17,26,29,31,34H,7,12-13,18-25H2,1-4H3/b32-30+/t26-,31-/m0/s1. The molecule has 1 N–H and O–H groups in total.